The molecule has 2 N–H and O–H groups in total. The van der Waals surface area contributed by atoms with Gasteiger partial charge in [0.1, 0.15) is 0 Å². The van der Waals surface area contributed by atoms with E-state index in [4.69, 9.17) is 5.73 Å². The molecule has 0 aromatic heterocycles. The van der Waals surface area contributed by atoms with Crippen molar-refractivity contribution in [3.8, 4) is 0 Å². The van der Waals surface area contributed by atoms with Crippen LogP contribution in [-0.2, 0) is 5.75 Å². The zero-order chi connectivity index (χ0) is 11.1. The van der Waals surface area contributed by atoms with Crippen LogP contribution in [0.3, 0.4) is 0 Å². The molecule has 1 atom stereocenters. The van der Waals surface area contributed by atoms with Gasteiger partial charge in [0, 0.05) is 5.75 Å². The highest BCUT2D eigenvalue weighted by atomic mass is 35.5. The van der Waals surface area contributed by atoms with Crippen molar-refractivity contribution in [3.63, 3.8) is 0 Å². The Morgan fingerprint density at radius 1 is 1.19 bits per heavy atom. The fraction of sp³-hybridized carbons (Fsp3) is 0.455. The van der Waals surface area contributed by atoms with Crippen molar-refractivity contribution in [2.75, 3.05) is 5.75 Å². The van der Waals surface area contributed by atoms with Gasteiger partial charge in [-0.2, -0.15) is 11.8 Å². The normalized spacial score (nSPS) is 12.2. The van der Waals surface area contributed by atoms with E-state index in [-0.39, 0.29) is 12.4 Å². The van der Waals surface area contributed by atoms with Crippen molar-refractivity contribution < 1.29 is 8.78 Å². The highest BCUT2D eigenvalue weighted by Gasteiger charge is 2.13. The molecule has 0 bridgehead atoms. The molecule has 0 fully saturated rings. The van der Waals surface area contributed by atoms with E-state index in [9.17, 15) is 8.78 Å². The molecule has 0 aliphatic heterocycles. The minimum Gasteiger partial charge on any atom is -0.323 e. The summed E-state index contributed by atoms with van der Waals surface area (Å²) in [7, 11) is 0. The summed E-state index contributed by atoms with van der Waals surface area (Å²) in [5.74, 6) is 1.54. The Labute approximate surface area is 105 Å². The second kappa shape index (κ2) is 8.79. The first-order valence-corrected chi connectivity index (χ1v) is 6.01. The predicted octanol–water partition coefficient (Wildman–Crippen LogP) is 3.32. The molecule has 0 saturated heterocycles. The molecule has 16 heavy (non-hydrogen) atoms. The quantitative estimate of drug-likeness (QED) is 0.800. The van der Waals surface area contributed by atoms with Gasteiger partial charge in [0.25, 0.3) is 6.43 Å². The van der Waals surface area contributed by atoms with Crippen molar-refractivity contribution in [3.05, 3.63) is 35.9 Å². The number of rotatable bonds is 6. The van der Waals surface area contributed by atoms with Crippen LogP contribution >= 0.6 is 24.2 Å². The van der Waals surface area contributed by atoms with Crippen LogP contribution in [0.15, 0.2) is 30.3 Å². The van der Waals surface area contributed by atoms with Crippen LogP contribution in [0.1, 0.15) is 12.0 Å². The fourth-order valence-electron chi connectivity index (χ4n) is 1.11. The van der Waals surface area contributed by atoms with Crippen LogP contribution in [-0.4, -0.2) is 18.2 Å². The summed E-state index contributed by atoms with van der Waals surface area (Å²) in [5.41, 5.74) is 6.45. The SMILES string of the molecule is Cl.NC(CCSCc1ccccc1)C(F)F. The van der Waals surface area contributed by atoms with Gasteiger partial charge in [-0.15, -0.1) is 12.4 Å². The Morgan fingerprint density at radius 3 is 2.38 bits per heavy atom. The summed E-state index contributed by atoms with van der Waals surface area (Å²) in [4.78, 5) is 0. The summed E-state index contributed by atoms with van der Waals surface area (Å²) in [6.07, 6.45) is -2.03. The van der Waals surface area contributed by atoms with Crippen LogP contribution in [0, 0.1) is 0 Å². The number of thioether (sulfide) groups is 1. The lowest BCUT2D eigenvalue weighted by atomic mass is 10.2. The van der Waals surface area contributed by atoms with Crippen molar-refractivity contribution in [2.24, 2.45) is 5.73 Å². The van der Waals surface area contributed by atoms with E-state index in [2.05, 4.69) is 0 Å². The highest BCUT2D eigenvalue weighted by Crippen LogP contribution is 2.14. The molecule has 1 aromatic rings. The standard InChI is InChI=1S/C11H15F2NS.ClH/c12-11(13)10(14)6-7-15-8-9-4-2-1-3-5-9;/h1-5,10-11H,6-8,14H2;1H. The summed E-state index contributed by atoms with van der Waals surface area (Å²) < 4.78 is 24.1. The van der Waals surface area contributed by atoms with Crippen molar-refractivity contribution in [1.29, 1.82) is 0 Å². The molecule has 1 unspecified atom stereocenters. The Morgan fingerprint density at radius 2 is 1.81 bits per heavy atom. The summed E-state index contributed by atoms with van der Waals surface area (Å²) in [6, 6.07) is 8.98. The number of hydrogen-bond donors (Lipinski definition) is 1. The van der Waals surface area contributed by atoms with Gasteiger partial charge in [0.2, 0.25) is 0 Å². The van der Waals surface area contributed by atoms with Gasteiger partial charge in [-0.25, -0.2) is 8.78 Å². The summed E-state index contributed by atoms with van der Waals surface area (Å²) in [5, 5.41) is 0. The number of hydrogen-bond acceptors (Lipinski definition) is 2. The fourth-order valence-corrected chi connectivity index (χ4v) is 2.12. The molecule has 0 radical (unpaired) electrons. The smallest absolute Gasteiger partial charge is 0.253 e. The van der Waals surface area contributed by atoms with Gasteiger partial charge in [0.05, 0.1) is 6.04 Å². The largest absolute Gasteiger partial charge is 0.323 e. The summed E-state index contributed by atoms with van der Waals surface area (Å²) >= 11 is 1.64. The third kappa shape index (κ3) is 6.30. The molecular weight excluding hydrogens is 252 g/mol. The van der Waals surface area contributed by atoms with E-state index in [0.29, 0.717) is 12.2 Å². The van der Waals surface area contributed by atoms with Crippen molar-refractivity contribution >= 4 is 24.2 Å². The van der Waals surface area contributed by atoms with Crippen LogP contribution in [0.2, 0.25) is 0 Å². The van der Waals surface area contributed by atoms with Crippen LogP contribution in [0.5, 0.6) is 0 Å². The molecule has 0 spiro atoms. The van der Waals surface area contributed by atoms with Crippen LogP contribution in [0.4, 0.5) is 8.78 Å². The van der Waals surface area contributed by atoms with Gasteiger partial charge in [-0.05, 0) is 17.7 Å². The molecule has 1 nitrogen and oxygen atoms in total. The lowest BCUT2D eigenvalue weighted by molar-refractivity contribution is 0.115. The Balaban J connectivity index is 0.00000225. The average molecular weight is 268 g/mol. The zero-order valence-corrected chi connectivity index (χ0v) is 10.4. The maximum absolute atomic E-state index is 12.0. The molecule has 5 heteroatoms. The van der Waals surface area contributed by atoms with E-state index in [1.54, 1.807) is 11.8 Å². The monoisotopic (exact) mass is 267 g/mol. The van der Waals surface area contributed by atoms with Crippen molar-refractivity contribution in [2.45, 2.75) is 24.6 Å². The van der Waals surface area contributed by atoms with Crippen LogP contribution in [0.25, 0.3) is 0 Å². The molecule has 0 aliphatic carbocycles. The topological polar surface area (TPSA) is 26.0 Å². The summed E-state index contributed by atoms with van der Waals surface area (Å²) in [6.45, 7) is 0. The van der Waals surface area contributed by atoms with Gasteiger partial charge in [-0.1, -0.05) is 30.3 Å². The second-order valence-corrected chi connectivity index (χ2v) is 4.43. The lowest BCUT2D eigenvalue weighted by Gasteiger charge is -2.09. The molecule has 0 saturated carbocycles. The third-order valence-electron chi connectivity index (χ3n) is 2.03. The lowest BCUT2D eigenvalue weighted by Crippen LogP contribution is -2.29. The first kappa shape index (κ1) is 15.7. The average Bonchev–Trinajstić information content (AvgIpc) is 2.25. The molecular formula is C11H16ClF2NS. The number of nitrogens with two attached hydrogens (primary N) is 1. The molecule has 1 aromatic carbocycles. The van der Waals surface area contributed by atoms with E-state index in [0.717, 1.165) is 5.75 Å². The van der Waals surface area contributed by atoms with E-state index >= 15 is 0 Å². The second-order valence-electron chi connectivity index (χ2n) is 3.33. The molecule has 1 rings (SSSR count). The van der Waals surface area contributed by atoms with Gasteiger partial charge in [0.15, 0.2) is 0 Å². The van der Waals surface area contributed by atoms with E-state index in [1.165, 1.54) is 5.56 Å². The van der Waals surface area contributed by atoms with Gasteiger partial charge < -0.3 is 5.73 Å². The predicted molar refractivity (Wildman–Crippen MR) is 68.4 cm³/mol. The van der Waals surface area contributed by atoms with Gasteiger partial charge in [-0.3, -0.25) is 0 Å². The maximum Gasteiger partial charge on any atom is 0.253 e. The first-order chi connectivity index (χ1) is 7.20. The molecule has 0 aliphatic rings. The van der Waals surface area contributed by atoms with E-state index in [1.807, 2.05) is 30.3 Å². The number of alkyl halides is 2. The van der Waals surface area contributed by atoms with Crippen LogP contribution < -0.4 is 5.73 Å². The third-order valence-corrected chi connectivity index (χ3v) is 3.09. The highest BCUT2D eigenvalue weighted by molar-refractivity contribution is 7.98. The number of halogens is 3. The Hall–Kier alpha value is -0.320. The minimum absolute atomic E-state index is 0. The van der Waals surface area contributed by atoms with E-state index < -0.39 is 12.5 Å². The maximum atomic E-state index is 12.0. The van der Waals surface area contributed by atoms with Gasteiger partial charge >= 0.3 is 0 Å². The zero-order valence-electron chi connectivity index (χ0n) is 8.81. The minimum atomic E-state index is -2.40. The molecule has 0 heterocycles. The Bertz CT molecular complexity index is 272. The van der Waals surface area contributed by atoms with Crippen molar-refractivity contribution in [1.82, 2.24) is 0 Å². The Kier molecular flexibility index (Phi) is 8.61. The molecule has 0 amide bonds. The number of benzene rings is 1. The first-order valence-electron chi connectivity index (χ1n) is 4.85. The molecule has 92 valence electrons.